The van der Waals surface area contributed by atoms with Crippen molar-refractivity contribution in [2.24, 2.45) is 0 Å². The van der Waals surface area contributed by atoms with E-state index in [4.69, 9.17) is 0 Å². The van der Waals surface area contributed by atoms with Crippen molar-refractivity contribution in [3.05, 3.63) is 56.9 Å². The van der Waals surface area contributed by atoms with Crippen molar-refractivity contribution in [2.45, 2.75) is 31.7 Å². The molecule has 0 unspecified atom stereocenters. The first-order valence-corrected chi connectivity index (χ1v) is 8.84. The fourth-order valence-corrected chi connectivity index (χ4v) is 3.67. The number of halogens is 1. The Balaban J connectivity index is 1.87. The molecule has 122 valence electrons. The van der Waals surface area contributed by atoms with Gasteiger partial charge in [-0.25, -0.2) is 4.98 Å². The summed E-state index contributed by atoms with van der Waals surface area (Å²) in [5.41, 5.74) is 1.25. The lowest BCUT2D eigenvalue weighted by atomic mass is 10.2. The summed E-state index contributed by atoms with van der Waals surface area (Å²) in [5, 5.41) is 3.59. The number of fused-ring (bicyclic) bond motifs is 2. The molecule has 1 aromatic carbocycles. The van der Waals surface area contributed by atoms with E-state index in [1.807, 2.05) is 6.07 Å². The normalized spacial score (nSPS) is 15.2. The van der Waals surface area contributed by atoms with Crippen LogP contribution in [0.1, 0.15) is 36.0 Å². The zero-order valence-electron chi connectivity index (χ0n) is 13.0. The maximum atomic E-state index is 12.7. The van der Waals surface area contributed by atoms with Gasteiger partial charge in [0.1, 0.15) is 0 Å². The Hall–Kier alpha value is -2.21. The summed E-state index contributed by atoms with van der Waals surface area (Å²) in [5.74, 6) is -0.164. The molecule has 0 radical (unpaired) electrons. The molecule has 1 N–H and O–H groups in total. The average molecular weight is 386 g/mol. The molecule has 1 amide bonds. The third kappa shape index (κ3) is 2.60. The van der Waals surface area contributed by atoms with Gasteiger partial charge < -0.3 is 5.32 Å². The molecular formula is C18H16BrN3O2. The first-order valence-electron chi connectivity index (χ1n) is 8.05. The molecule has 24 heavy (non-hydrogen) atoms. The second-order valence-electron chi connectivity index (χ2n) is 6.15. The first kappa shape index (κ1) is 15.3. The van der Waals surface area contributed by atoms with Crippen molar-refractivity contribution in [1.29, 1.82) is 0 Å². The maximum Gasteiger partial charge on any atom is 0.265 e. The van der Waals surface area contributed by atoms with Crippen molar-refractivity contribution in [2.75, 3.05) is 0 Å². The number of pyridine rings is 1. The topological polar surface area (TPSA) is 63.5 Å². The van der Waals surface area contributed by atoms with Crippen LogP contribution in [0.5, 0.6) is 0 Å². The van der Waals surface area contributed by atoms with Crippen LogP contribution in [0, 0.1) is 0 Å². The minimum Gasteiger partial charge on any atom is -0.349 e. The lowest BCUT2D eigenvalue weighted by Crippen LogP contribution is -2.33. The Morgan fingerprint density at radius 3 is 2.83 bits per heavy atom. The van der Waals surface area contributed by atoms with E-state index in [0.717, 1.165) is 30.2 Å². The summed E-state index contributed by atoms with van der Waals surface area (Å²) in [6.45, 7) is 0. The van der Waals surface area contributed by atoms with Crippen LogP contribution in [0.25, 0.3) is 16.6 Å². The van der Waals surface area contributed by atoms with E-state index in [0.29, 0.717) is 22.1 Å². The lowest BCUT2D eigenvalue weighted by Gasteiger charge is -2.13. The van der Waals surface area contributed by atoms with Gasteiger partial charge in [-0.2, -0.15) is 0 Å². The number of carbonyl (C=O) groups excluding carboxylic acids is 1. The molecule has 4 rings (SSSR count). The second kappa shape index (κ2) is 6.02. The summed E-state index contributed by atoms with van der Waals surface area (Å²) in [7, 11) is 0. The van der Waals surface area contributed by atoms with E-state index in [1.54, 1.807) is 30.5 Å². The fourth-order valence-electron chi connectivity index (χ4n) is 3.31. The van der Waals surface area contributed by atoms with Crippen molar-refractivity contribution in [3.63, 3.8) is 0 Å². The Labute approximate surface area is 146 Å². The Bertz CT molecular complexity index is 1010. The first-order chi connectivity index (χ1) is 11.6. The van der Waals surface area contributed by atoms with Crippen LogP contribution < -0.4 is 10.9 Å². The molecule has 0 aliphatic heterocycles. The zero-order valence-corrected chi connectivity index (χ0v) is 14.5. The molecule has 1 saturated carbocycles. The van der Waals surface area contributed by atoms with E-state index >= 15 is 0 Å². The number of nitrogens with one attached hydrogen (secondary N) is 1. The largest absolute Gasteiger partial charge is 0.349 e. The number of aromatic nitrogens is 2. The molecule has 0 atom stereocenters. The molecular weight excluding hydrogens is 370 g/mol. The predicted molar refractivity (Wildman–Crippen MR) is 96.4 cm³/mol. The highest BCUT2D eigenvalue weighted by Gasteiger charge is 2.20. The maximum absolute atomic E-state index is 12.7. The Morgan fingerprint density at radius 1 is 1.25 bits per heavy atom. The van der Waals surface area contributed by atoms with Crippen LogP contribution in [0.2, 0.25) is 0 Å². The van der Waals surface area contributed by atoms with Gasteiger partial charge in [-0.3, -0.25) is 14.0 Å². The van der Waals surface area contributed by atoms with Crippen molar-refractivity contribution < 1.29 is 4.79 Å². The van der Waals surface area contributed by atoms with Gasteiger partial charge in [0.15, 0.2) is 5.65 Å². The fraction of sp³-hybridized carbons (Fsp3) is 0.278. The number of hydrogen-bond donors (Lipinski definition) is 1. The van der Waals surface area contributed by atoms with Gasteiger partial charge >= 0.3 is 0 Å². The van der Waals surface area contributed by atoms with Crippen LogP contribution in [-0.4, -0.2) is 21.3 Å². The molecule has 0 saturated heterocycles. The highest BCUT2D eigenvalue weighted by atomic mass is 79.9. The predicted octanol–water partition coefficient (Wildman–Crippen LogP) is 3.28. The zero-order chi connectivity index (χ0) is 16.7. The third-order valence-corrected chi connectivity index (χ3v) is 5.03. The number of nitrogens with zero attached hydrogens (tertiary/aromatic N) is 2. The Kier molecular flexibility index (Phi) is 3.84. The SMILES string of the molecule is O=C(NC1CCCC1)c1cccn2c(=O)c3cc(Br)ccc3nc12. The quantitative estimate of drug-likeness (QED) is 0.688. The molecule has 3 aromatic rings. The highest BCUT2D eigenvalue weighted by Crippen LogP contribution is 2.20. The van der Waals surface area contributed by atoms with Crippen LogP contribution in [0.15, 0.2) is 45.8 Å². The molecule has 2 aromatic heterocycles. The monoisotopic (exact) mass is 385 g/mol. The molecule has 1 aliphatic carbocycles. The van der Waals surface area contributed by atoms with Gasteiger partial charge in [0.05, 0.1) is 16.5 Å². The van der Waals surface area contributed by atoms with Gasteiger partial charge in [-0.1, -0.05) is 28.8 Å². The van der Waals surface area contributed by atoms with E-state index < -0.39 is 0 Å². The smallest absolute Gasteiger partial charge is 0.265 e. The summed E-state index contributed by atoms with van der Waals surface area (Å²) in [6.07, 6.45) is 5.98. The molecule has 0 bridgehead atoms. The highest BCUT2D eigenvalue weighted by molar-refractivity contribution is 9.10. The van der Waals surface area contributed by atoms with Gasteiger partial charge in [0, 0.05) is 16.7 Å². The van der Waals surface area contributed by atoms with E-state index in [2.05, 4.69) is 26.2 Å². The minimum atomic E-state index is -0.174. The van der Waals surface area contributed by atoms with E-state index in [1.165, 1.54) is 4.40 Å². The number of amides is 1. The average Bonchev–Trinajstić information content (AvgIpc) is 3.08. The standard InChI is InChI=1S/C18H16BrN3O2/c19-11-7-8-15-14(10-11)18(24)22-9-3-6-13(16(22)21-15)17(23)20-12-4-1-2-5-12/h3,6-10,12H,1-2,4-5H2,(H,20,23). The molecule has 5 nitrogen and oxygen atoms in total. The summed E-state index contributed by atoms with van der Waals surface area (Å²) in [4.78, 5) is 29.9. The van der Waals surface area contributed by atoms with Crippen LogP contribution in [0.3, 0.4) is 0 Å². The number of carbonyl (C=O) groups is 1. The minimum absolute atomic E-state index is 0.164. The van der Waals surface area contributed by atoms with Crippen LogP contribution >= 0.6 is 15.9 Å². The van der Waals surface area contributed by atoms with Crippen molar-refractivity contribution in [1.82, 2.24) is 14.7 Å². The third-order valence-electron chi connectivity index (χ3n) is 4.54. The molecule has 6 heteroatoms. The van der Waals surface area contributed by atoms with Gasteiger partial charge in [-0.05, 0) is 43.2 Å². The van der Waals surface area contributed by atoms with Crippen molar-refractivity contribution in [3.8, 4) is 0 Å². The number of hydrogen-bond acceptors (Lipinski definition) is 3. The second-order valence-corrected chi connectivity index (χ2v) is 7.06. The molecule has 2 heterocycles. The Morgan fingerprint density at radius 2 is 2.04 bits per heavy atom. The lowest BCUT2D eigenvalue weighted by molar-refractivity contribution is 0.0939. The summed E-state index contributed by atoms with van der Waals surface area (Å²) >= 11 is 3.38. The summed E-state index contributed by atoms with van der Waals surface area (Å²) in [6, 6.07) is 9.03. The van der Waals surface area contributed by atoms with Crippen LogP contribution in [0.4, 0.5) is 0 Å². The molecule has 1 fully saturated rings. The summed E-state index contributed by atoms with van der Waals surface area (Å²) < 4.78 is 2.27. The number of rotatable bonds is 2. The molecule has 0 spiro atoms. The van der Waals surface area contributed by atoms with Gasteiger partial charge in [-0.15, -0.1) is 0 Å². The van der Waals surface area contributed by atoms with Crippen LogP contribution in [-0.2, 0) is 0 Å². The van der Waals surface area contributed by atoms with Gasteiger partial charge in [0.25, 0.3) is 11.5 Å². The number of benzene rings is 1. The van der Waals surface area contributed by atoms with Crippen molar-refractivity contribution >= 4 is 38.4 Å². The van der Waals surface area contributed by atoms with E-state index in [9.17, 15) is 9.59 Å². The van der Waals surface area contributed by atoms with Gasteiger partial charge in [0.2, 0.25) is 0 Å². The van der Waals surface area contributed by atoms with E-state index in [-0.39, 0.29) is 17.5 Å². The molecule has 1 aliphatic rings.